The number of nitro groups is 1. The molecule has 0 spiro atoms. The summed E-state index contributed by atoms with van der Waals surface area (Å²) in [5, 5.41) is 24.9. The van der Waals surface area contributed by atoms with Crippen molar-refractivity contribution in [3.05, 3.63) is 98.6 Å². The lowest BCUT2D eigenvalue weighted by Crippen LogP contribution is -2.20. The van der Waals surface area contributed by atoms with Crippen molar-refractivity contribution in [1.29, 1.82) is 5.26 Å². The zero-order chi connectivity index (χ0) is 27.9. The summed E-state index contributed by atoms with van der Waals surface area (Å²) >= 11 is 5.58. The van der Waals surface area contributed by atoms with Gasteiger partial charge in [-0.05, 0) is 42.5 Å². The molecule has 38 heavy (non-hydrogen) atoms. The lowest BCUT2D eigenvalue weighted by atomic mass is 10.1. The summed E-state index contributed by atoms with van der Waals surface area (Å²) in [4.78, 5) is 35.4. The Labute approximate surface area is 218 Å². The topological polar surface area (TPSA) is 134 Å². The van der Waals surface area contributed by atoms with Crippen LogP contribution in [0.3, 0.4) is 0 Å². The zero-order valence-corrected chi connectivity index (χ0v) is 19.8. The van der Waals surface area contributed by atoms with E-state index in [4.69, 9.17) is 16.3 Å². The van der Waals surface area contributed by atoms with Gasteiger partial charge in [-0.3, -0.25) is 19.7 Å². The fourth-order valence-electron chi connectivity index (χ4n) is 3.08. The molecule has 3 aromatic rings. The first-order valence-corrected chi connectivity index (χ1v) is 10.9. The minimum atomic E-state index is -4.78. The van der Waals surface area contributed by atoms with Gasteiger partial charge in [-0.2, -0.15) is 18.4 Å². The van der Waals surface area contributed by atoms with E-state index in [0.29, 0.717) is 11.8 Å². The van der Waals surface area contributed by atoms with Gasteiger partial charge in [0.1, 0.15) is 17.4 Å². The maximum Gasteiger partial charge on any atom is 0.417 e. The van der Waals surface area contributed by atoms with Crippen LogP contribution in [-0.2, 0) is 15.8 Å². The average molecular weight is 545 g/mol. The molecule has 9 nitrogen and oxygen atoms in total. The van der Waals surface area contributed by atoms with Crippen LogP contribution in [-0.4, -0.2) is 23.3 Å². The number of alkyl halides is 3. The first-order valence-electron chi connectivity index (χ1n) is 10.5. The van der Waals surface area contributed by atoms with Gasteiger partial charge < -0.3 is 15.4 Å². The normalized spacial score (nSPS) is 11.3. The zero-order valence-electron chi connectivity index (χ0n) is 19.1. The van der Waals surface area contributed by atoms with E-state index >= 15 is 0 Å². The van der Waals surface area contributed by atoms with Gasteiger partial charge in [0.2, 0.25) is 0 Å². The Bertz CT molecular complexity index is 1450. The number of non-ortho nitro benzene ring substituents is 1. The van der Waals surface area contributed by atoms with Crippen LogP contribution in [0.15, 0.2) is 72.3 Å². The van der Waals surface area contributed by atoms with Gasteiger partial charge in [-0.25, -0.2) is 0 Å². The van der Waals surface area contributed by atoms with Crippen molar-refractivity contribution in [2.24, 2.45) is 0 Å². The summed E-state index contributed by atoms with van der Waals surface area (Å²) in [5.41, 5.74) is -2.08. The summed E-state index contributed by atoms with van der Waals surface area (Å²) in [6.07, 6.45) is -3.83. The van der Waals surface area contributed by atoms with Gasteiger partial charge in [0.05, 0.1) is 15.5 Å². The van der Waals surface area contributed by atoms with Crippen LogP contribution >= 0.6 is 11.6 Å². The number of hydrogen-bond donors (Lipinski definition) is 2. The second-order valence-electron chi connectivity index (χ2n) is 7.50. The van der Waals surface area contributed by atoms with Crippen molar-refractivity contribution in [2.75, 3.05) is 17.2 Å². The van der Waals surface area contributed by atoms with Crippen LogP contribution in [0.1, 0.15) is 11.1 Å². The molecule has 0 saturated heterocycles. The molecule has 0 atom stereocenters. The number of nitriles is 1. The summed E-state index contributed by atoms with van der Waals surface area (Å²) in [6, 6.07) is 16.0. The number of carbonyl (C=O) groups is 2. The van der Waals surface area contributed by atoms with Gasteiger partial charge in [-0.1, -0.05) is 29.8 Å². The summed E-state index contributed by atoms with van der Waals surface area (Å²) in [7, 11) is 0. The van der Waals surface area contributed by atoms with E-state index in [9.17, 15) is 38.1 Å². The standard InChI is InChI=1S/C25H16ClF3N4O5/c26-21-8-6-18(12-20(21)25(27,28)29)32-24(35)16(13-30)10-15-11-19(33(36)37)7-9-22(15)38-14-23(34)31-17-4-2-1-3-5-17/h1-12H,14H2,(H,31,34)(H,32,35). The molecule has 0 aliphatic rings. The average Bonchev–Trinajstić information content (AvgIpc) is 2.87. The molecule has 3 rings (SSSR count). The lowest BCUT2D eigenvalue weighted by Gasteiger charge is -2.12. The molecule has 0 bridgehead atoms. The molecule has 0 fully saturated rings. The Morgan fingerprint density at radius 1 is 1.05 bits per heavy atom. The second-order valence-corrected chi connectivity index (χ2v) is 7.91. The monoisotopic (exact) mass is 544 g/mol. The largest absolute Gasteiger partial charge is 0.483 e. The Hall–Kier alpha value is -4.89. The molecule has 2 amide bonds. The van der Waals surface area contributed by atoms with Gasteiger partial charge >= 0.3 is 6.18 Å². The number of para-hydroxylation sites is 1. The molecular weight excluding hydrogens is 529 g/mol. The Kier molecular flexibility index (Phi) is 8.67. The van der Waals surface area contributed by atoms with E-state index in [1.165, 1.54) is 6.07 Å². The van der Waals surface area contributed by atoms with Crippen molar-refractivity contribution >= 4 is 46.6 Å². The molecule has 3 aromatic carbocycles. The van der Waals surface area contributed by atoms with E-state index in [1.54, 1.807) is 36.4 Å². The number of nitro benzene ring substituents is 1. The second kappa shape index (κ2) is 11.9. The predicted octanol–water partition coefficient (Wildman–Crippen LogP) is 5.83. The molecular formula is C25H16ClF3N4O5. The molecule has 2 N–H and O–H groups in total. The SMILES string of the molecule is N#CC(=Cc1cc([N+](=O)[O-])ccc1OCC(=O)Nc1ccccc1)C(=O)Nc1ccc(Cl)c(C(F)(F)F)c1. The molecule has 0 saturated carbocycles. The molecule has 0 radical (unpaired) electrons. The number of nitrogens with one attached hydrogen (secondary N) is 2. The highest BCUT2D eigenvalue weighted by atomic mass is 35.5. The number of carbonyl (C=O) groups excluding carboxylic acids is 2. The minimum absolute atomic E-state index is 0.0646. The summed E-state index contributed by atoms with van der Waals surface area (Å²) in [5.74, 6) is -1.71. The van der Waals surface area contributed by atoms with E-state index in [-0.39, 0.29) is 17.0 Å². The van der Waals surface area contributed by atoms with Gasteiger partial charge in [0, 0.05) is 29.1 Å². The maximum absolute atomic E-state index is 13.1. The van der Waals surface area contributed by atoms with Gasteiger partial charge in [-0.15, -0.1) is 0 Å². The van der Waals surface area contributed by atoms with E-state index in [0.717, 1.165) is 30.3 Å². The Balaban J connectivity index is 1.85. The number of halogens is 4. The quantitative estimate of drug-likeness (QED) is 0.158. The van der Waals surface area contributed by atoms with Crippen LogP contribution in [0.5, 0.6) is 5.75 Å². The Morgan fingerprint density at radius 2 is 1.76 bits per heavy atom. The number of nitrogens with zero attached hydrogens (tertiary/aromatic N) is 2. The van der Waals surface area contributed by atoms with Crippen LogP contribution in [0, 0.1) is 21.4 Å². The van der Waals surface area contributed by atoms with E-state index in [1.807, 2.05) is 0 Å². The number of benzene rings is 3. The van der Waals surface area contributed by atoms with Crippen molar-refractivity contribution in [3.8, 4) is 11.8 Å². The van der Waals surface area contributed by atoms with E-state index < -0.39 is 51.4 Å². The predicted molar refractivity (Wildman–Crippen MR) is 132 cm³/mol. The van der Waals surface area contributed by atoms with Crippen LogP contribution in [0.4, 0.5) is 30.2 Å². The van der Waals surface area contributed by atoms with Crippen LogP contribution in [0.25, 0.3) is 6.08 Å². The smallest absolute Gasteiger partial charge is 0.417 e. The van der Waals surface area contributed by atoms with E-state index in [2.05, 4.69) is 10.6 Å². The maximum atomic E-state index is 13.1. The minimum Gasteiger partial charge on any atom is -0.483 e. The van der Waals surface area contributed by atoms with Gasteiger partial charge in [0.15, 0.2) is 6.61 Å². The van der Waals surface area contributed by atoms with Crippen molar-refractivity contribution in [1.82, 2.24) is 0 Å². The summed E-state index contributed by atoms with van der Waals surface area (Å²) in [6.45, 7) is -0.507. The third kappa shape index (κ3) is 7.31. The van der Waals surface area contributed by atoms with Crippen LogP contribution < -0.4 is 15.4 Å². The van der Waals surface area contributed by atoms with Gasteiger partial charge in [0.25, 0.3) is 17.5 Å². The number of hydrogen-bond acceptors (Lipinski definition) is 6. The third-order valence-electron chi connectivity index (χ3n) is 4.82. The Morgan fingerprint density at radius 3 is 2.39 bits per heavy atom. The number of anilines is 2. The fraction of sp³-hybridized carbons (Fsp3) is 0.0800. The molecule has 13 heteroatoms. The summed E-state index contributed by atoms with van der Waals surface area (Å²) < 4.78 is 44.8. The number of rotatable bonds is 8. The highest BCUT2D eigenvalue weighted by Gasteiger charge is 2.33. The molecule has 0 heterocycles. The molecule has 0 aromatic heterocycles. The molecule has 0 aliphatic heterocycles. The first-order chi connectivity index (χ1) is 18.0. The molecule has 0 aliphatic carbocycles. The molecule has 194 valence electrons. The van der Waals surface area contributed by atoms with Crippen molar-refractivity contribution in [3.63, 3.8) is 0 Å². The van der Waals surface area contributed by atoms with Crippen LogP contribution in [0.2, 0.25) is 5.02 Å². The highest BCUT2D eigenvalue weighted by molar-refractivity contribution is 6.31. The fourth-order valence-corrected chi connectivity index (χ4v) is 3.30. The number of ether oxygens (including phenoxy) is 1. The van der Waals surface area contributed by atoms with Crippen molar-refractivity contribution < 1.29 is 32.4 Å². The highest BCUT2D eigenvalue weighted by Crippen LogP contribution is 2.36. The number of amides is 2. The molecule has 0 unspecified atom stereocenters. The lowest BCUT2D eigenvalue weighted by molar-refractivity contribution is -0.384. The third-order valence-corrected chi connectivity index (χ3v) is 5.14. The first kappa shape index (κ1) is 27.7. The van der Waals surface area contributed by atoms with Crippen molar-refractivity contribution in [2.45, 2.75) is 6.18 Å².